The summed E-state index contributed by atoms with van der Waals surface area (Å²) in [7, 11) is 1.39. The standard InChI is InChI=1S/C26H37NO3/c1-10-30-23-21(15-19(25(3,4)5)16-22(23)26(6,7)8)17(2)27-20-13-11-18(12-14-20)24(28)29-9/h11-17,27H,10H2,1-9H3. The van der Waals surface area contributed by atoms with Gasteiger partial charge in [0.05, 0.1) is 25.3 Å². The number of hydrogen-bond acceptors (Lipinski definition) is 4. The Hall–Kier alpha value is -2.49. The van der Waals surface area contributed by atoms with Gasteiger partial charge in [0.1, 0.15) is 5.75 Å². The van der Waals surface area contributed by atoms with E-state index < -0.39 is 0 Å². The Labute approximate surface area is 182 Å². The van der Waals surface area contributed by atoms with E-state index in [1.54, 1.807) is 12.1 Å². The van der Waals surface area contributed by atoms with Crippen molar-refractivity contribution in [1.29, 1.82) is 0 Å². The molecule has 0 aliphatic heterocycles. The Bertz CT molecular complexity index is 871. The topological polar surface area (TPSA) is 47.6 Å². The summed E-state index contributed by atoms with van der Waals surface area (Å²) in [4.78, 5) is 11.7. The Morgan fingerprint density at radius 3 is 2.07 bits per heavy atom. The van der Waals surface area contributed by atoms with Crippen molar-refractivity contribution in [3.63, 3.8) is 0 Å². The van der Waals surface area contributed by atoms with Crippen molar-refractivity contribution in [3.05, 3.63) is 58.7 Å². The fourth-order valence-corrected chi connectivity index (χ4v) is 3.42. The molecule has 0 saturated heterocycles. The van der Waals surface area contributed by atoms with Crippen LogP contribution in [0.5, 0.6) is 5.75 Å². The molecule has 0 amide bonds. The molecule has 2 aromatic rings. The van der Waals surface area contributed by atoms with E-state index >= 15 is 0 Å². The maximum atomic E-state index is 11.7. The van der Waals surface area contributed by atoms with Crippen LogP contribution in [0.4, 0.5) is 5.69 Å². The molecule has 2 aromatic carbocycles. The van der Waals surface area contributed by atoms with Crippen LogP contribution in [0.25, 0.3) is 0 Å². The van der Waals surface area contributed by atoms with Gasteiger partial charge in [-0.1, -0.05) is 47.6 Å². The second kappa shape index (κ2) is 9.11. The molecule has 0 aliphatic carbocycles. The molecule has 0 saturated carbocycles. The summed E-state index contributed by atoms with van der Waals surface area (Å²) in [5, 5.41) is 3.57. The summed E-state index contributed by atoms with van der Waals surface area (Å²) < 4.78 is 11.0. The maximum Gasteiger partial charge on any atom is 0.337 e. The van der Waals surface area contributed by atoms with Crippen LogP contribution in [0.15, 0.2) is 36.4 Å². The Balaban J connectivity index is 2.50. The lowest BCUT2D eigenvalue weighted by Crippen LogP contribution is -2.21. The average Bonchev–Trinajstić information content (AvgIpc) is 2.66. The minimum atomic E-state index is -0.332. The number of hydrogen-bond donors (Lipinski definition) is 1. The van der Waals surface area contributed by atoms with Crippen LogP contribution in [0.1, 0.15) is 88.5 Å². The number of carbonyl (C=O) groups is 1. The second-order valence-corrected chi connectivity index (χ2v) is 9.81. The van der Waals surface area contributed by atoms with Gasteiger partial charge in [-0.3, -0.25) is 0 Å². The highest BCUT2D eigenvalue weighted by Gasteiger charge is 2.27. The molecule has 0 radical (unpaired) electrons. The zero-order valence-electron chi connectivity index (χ0n) is 20.0. The van der Waals surface area contributed by atoms with Crippen molar-refractivity contribution in [2.24, 2.45) is 0 Å². The molecule has 1 N–H and O–H groups in total. The summed E-state index contributed by atoms with van der Waals surface area (Å²) in [6.07, 6.45) is 0. The minimum absolute atomic E-state index is 0.0268. The van der Waals surface area contributed by atoms with E-state index in [0.29, 0.717) is 12.2 Å². The van der Waals surface area contributed by atoms with Gasteiger partial charge in [0.2, 0.25) is 0 Å². The Kier molecular flexibility index (Phi) is 7.23. The first kappa shape index (κ1) is 23.8. The summed E-state index contributed by atoms with van der Waals surface area (Å²) in [6, 6.07) is 11.9. The van der Waals surface area contributed by atoms with Crippen molar-refractivity contribution in [1.82, 2.24) is 0 Å². The molecule has 1 unspecified atom stereocenters. The molecular formula is C26H37NO3. The largest absolute Gasteiger partial charge is 0.493 e. The molecule has 0 fully saturated rings. The lowest BCUT2D eigenvalue weighted by Gasteiger charge is -2.31. The maximum absolute atomic E-state index is 11.7. The molecule has 0 heterocycles. The molecule has 0 spiro atoms. The van der Waals surface area contributed by atoms with Crippen molar-refractivity contribution in [3.8, 4) is 5.75 Å². The lowest BCUT2D eigenvalue weighted by molar-refractivity contribution is 0.0600. The third-order valence-corrected chi connectivity index (χ3v) is 5.24. The van der Waals surface area contributed by atoms with Gasteiger partial charge in [-0.2, -0.15) is 0 Å². The molecule has 1 atom stereocenters. The van der Waals surface area contributed by atoms with Gasteiger partial charge in [-0.05, 0) is 60.6 Å². The molecule has 2 rings (SSSR count). The molecule has 30 heavy (non-hydrogen) atoms. The van der Waals surface area contributed by atoms with Gasteiger partial charge >= 0.3 is 5.97 Å². The monoisotopic (exact) mass is 411 g/mol. The molecule has 0 aromatic heterocycles. The van der Waals surface area contributed by atoms with Crippen LogP contribution in [0.3, 0.4) is 0 Å². The number of carbonyl (C=O) groups excluding carboxylic acids is 1. The van der Waals surface area contributed by atoms with E-state index in [9.17, 15) is 4.79 Å². The van der Waals surface area contributed by atoms with Crippen molar-refractivity contribution < 1.29 is 14.3 Å². The van der Waals surface area contributed by atoms with Crippen LogP contribution < -0.4 is 10.1 Å². The highest BCUT2D eigenvalue weighted by atomic mass is 16.5. The molecule has 4 nitrogen and oxygen atoms in total. The summed E-state index contributed by atoms with van der Waals surface area (Å²) in [5.74, 6) is 0.630. The Morgan fingerprint density at radius 2 is 1.60 bits per heavy atom. The molecule has 0 aliphatic rings. The zero-order chi connectivity index (χ0) is 22.7. The van der Waals surface area contributed by atoms with E-state index in [0.717, 1.165) is 17.0 Å². The van der Waals surface area contributed by atoms with Gasteiger partial charge in [-0.15, -0.1) is 0 Å². The predicted octanol–water partition coefficient (Wildman–Crippen LogP) is 6.64. The minimum Gasteiger partial charge on any atom is -0.493 e. The number of ether oxygens (including phenoxy) is 2. The van der Waals surface area contributed by atoms with Crippen LogP contribution >= 0.6 is 0 Å². The average molecular weight is 412 g/mol. The number of benzene rings is 2. The predicted molar refractivity (Wildman–Crippen MR) is 125 cm³/mol. The second-order valence-electron chi connectivity index (χ2n) is 9.81. The van der Waals surface area contributed by atoms with E-state index in [1.807, 2.05) is 19.1 Å². The van der Waals surface area contributed by atoms with Gasteiger partial charge in [0.25, 0.3) is 0 Å². The smallest absolute Gasteiger partial charge is 0.337 e. The summed E-state index contributed by atoms with van der Waals surface area (Å²) >= 11 is 0. The summed E-state index contributed by atoms with van der Waals surface area (Å²) in [5.41, 5.74) is 5.13. The molecule has 4 heteroatoms. The van der Waals surface area contributed by atoms with Gasteiger partial charge in [-0.25, -0.2) is 4.79 Å². The van der Waals surface area contributed by atoms with Crippen molar-refractivity contribution in [2.75, 3.05) is 19.0 Å². The molecule has 0 bridgehead atoms. The van der Waals surface area contributed by atoms with Crippen molar-refractivity contribution in [2.45, 2.75) is 72.3 Å². The van der Waals surface area contributed by atoms with Crippen LogP contribution in [0.2, 0.25) is 0 Å². The first-order valence-electron chi connectivity index (χ1n) is 10.6. The summed E-state index contributed by atoms with van der Waals surface area (Å²) in [6.45, 7) is 18.2. The SMILES string of the molecule is CCOc1c(C(C)Nc2ccc(C(=O)OC)cc2)cc(C(C)(C)C)cc1C(C)(C)C. The lowest BCUT2D eigenvalue weighted by atomic mass is 9.78. The number of methoxy groups -OCH3 is 1. The fraction of sp³-hybridized carbons (Fsp3) is 0.500. The van der Waals surface area contributed by atoms with Crippen LogP contribution in [0, 0.1) is 0 Å². The fourth-order valence-electron chi connectivity index (χ4n) is 3.42. The zero-order valence-corrected chi connectivity index (χ0v) is 20.0. The highest BCUT2D eigenvalue weighted by molar-refractivity contribution is 5.89. The first-order chi connectivity index (χ1) is 13.9. The number of rotatable bonds is 6. The van der Waals surface area contributed by atoms with Crippen molar-refractivity contribution >= 4 is 11.7 Å². The highest BCUT2D eigenvalue weighted by Crippen LogP contribution is 2.41. The van der Waals surface area contributed by atoms with E-state index in [4.69, 9.17) is 9.47 Å². The van der Waals surface area contributed by atoms with E-state index in [-0.39, 0.29) is 22.8 Å². The van der Waals surface area contributed by atoms with Gasteiger partial charge in [0, 0.05) is 16.8 Å². The number of anilines is 1. The van der Waals surface area contributed by atoms with E-state index in [2.05, 4.69) is 65.9 Å². The van der Waals surface area contributed by atoms with Gasteiger partial charge < -0.3 is 14.8 Å². The Morgan fingerprint density at radius 1 is 1.00 bits per heavy atom. The number of esters is 1. The third kappa shape index (κ3) is 5.56. The quantitative estimate of drug-likeness (QED) is 0.541. The van der Waals surface area contributed by atoms with E-state index in [1.165, 1.54) is 18.2 Å². The molecule has 164 valence electrons. The molecular weight excluding hydrogens is 374 g/mol. The number of nitrogens with one attached hydrogen (secondary N) is 1. The third-order valence-electron chi connectivity index (χ3n) is 5.24. The van der Waals surface area contributed by atoms with Crippen LogP contribution in [-0.2, 0) is 15.6 Å². The first-order valence-corrected chi connectivity index (χ1v) is 10.6. The normalized spacial score (nSPS) is 13.0. The van der Waals surface area contributed by atoms with Crippen LogP contribution in [-0.4, -0.2) is 19.7 Å². The van der Waals surface area contributed by atoms with Gasteiger partial charge in [0.15, 0.2) is 0 Å².